The highest BCUT2D eigenvalue weighted by molar-refractivity contribution is 14.1. The normalized spacial score (nSPS) is 16.2. The molecule has 0 spiro atoms. The molecule has 0 N–H and O–H groups in total. The van der Waals surface area contributed by atoms with Crippen LogP contribution in [0.15, 0.2) is 18.2 Å². The highest BCUT2D eigenvalue weighted by atomic mass is 127. The van der Waals surface area contributed by atoms with Crippen LogP contribution < -0.4 is 4.31 Å². The molecule has 0 aliphatic heterocycles. The zero-order valence-corrected chi connectivity index (χ0v) is 12.4. The van der Waals surface area contributed by atoms with Crippen molar-refractivity contribution in [1.29, 1.82) is 0 Å². The van der Waals surface area contributed by atoms with Crippen molar-refractivity contribution in [2.75, 3.05) is 11.4 Å². The van der Waals surface area contributed by atoms with Crippen molar-refractivity contribution in [3.63, 3.8) is 0 Å². The molecule has 1 aliphatic rings. The topological polar surface area (TPSA) is 37.4 Å². The van der Waals surface area contributed by atoms with Crippen molar-refractivity contribution in [2.24, 2.45) is 0 Å². The maximum atomic E-state index is 12.0. The molecule has 1 fully saturated rings. The Balaban J connectivity index is 2.40. The quantitative estimate of drug-likeness (QED) is 0.766. The summed E-state index contributed by atoms with van der Waals surface area (Å²) < 4.78 is 26.3. The number of sulfonamides is 1. The van der Waals surface area contributed by atoms with Gasteiger partial charge in [-0.25, -0.2) is 8.42 Å². The van der Waals surface area contributed by atoms with Gasteiger partial charge in [-0.1, -0.05) is 11.6 Å². The molecule has 1 aliphatic carbocycles. The van der Waals surface area contributed by atoms with Gasteiger partial charge in [0.05, 0.1) is 10.9 Å². The lowest BCUT2D eigenvalue weighted by Gasteiger charge is -2.20. The average Bonchev–Trinajstić information content (AvgIpc) is 3.04. The van der Waals surface area contributed by atoms with Crippen LogP contribution in [0.25, 0.3) is 0 Å². The third-order valence-electron chi connectivity index (χ3n) is 2.57. The van der Waals surface area contributed by atoms with Gasteiger partial charge in [-0.15, -0.1) is 0 Å². The molecule has 0 atom stereocenters. The third-order valence-corrected chi connectivity index (χ3v) is 6.00. The van der Waals surface area contributed by atoms with Gasteiger partial charge in [0, 0.05) is 15.6 Å². The molecule has 0 unspecified atom stereocenters. The molecule has 88 valence electrons. The number of halogens is 2. The van der Waals surface area contributed by atoms with Crippen molar-refractivity contribution in [1.82, 2.24) is 0 Å². The van der Waals surface area contributed by atoms with E-state index < -0.39 is 10.0 Å². The van der Waals surface area contributed by atoms with Gasteiger partial charge >= 0.3 is 0 Å². The first kappa shape index (κ1) is 12.4. The van der Waals surface area contributed by atoms with E-state index in [0.717, 1.165) is 16.4 Å². The van der Waals surface area contributed by atoms with Crippen LogP contribution in [0, 0.1) is 3.57 Å². The van der Waals surface area contributed by atoms with E-state index >= 15 is 0 Å². The standard InChI is InChI=1S/C10H11ClINO2S/c1-13(16(14,15)8-3-4-8)10-6-7(11)2-5-9(10)12/h2,5-6,8H,3-4H2,1H3. The number of rotatable bonds is 3. The van der Waals surface area contributed by atoms with Crippen molar-refractivity contribution >= 4 is 49.9 Å². The van der Waals surface area contributed by atoms with Crippen molar-refractivity contribution < 1.29 is 8.42 Å². The molecule has 0 heterocycles. The minimum atomic E-state index is -3.19. The molecule has 0 aromatic heterocycles. The Morgan fingerprint density at radius 3 is 2.62 bits per heavy atom. The summed E-state index contributed by atoms with van der Waals surface area (Å²) in [6.45, 7) is 0. The average molecular weight is 372 g/mol. The molecule has 16 heavy (non-hydrogen) atoms. The first-order valence-electron chi connectivity index (χ1n) is 4.85. The minimum absolute atomic E-state index is 0.202. The highest BCUT2D eigenvalue weighted by Crippen LogP contribution is 2.35. The van der Waals surface area contributed by atoms with E-state index in [-0.39, 0.29) is 5.25 Å². The molecule has 0 bridgehead atoms. The Labute approximate surface area is 114 Å². The number of benzene rings is 1. The molecule has 6 heteroatoms. The van der Waals surface area contributed by atoms with E-state index in [4.69, 9.17) is 11.6 Å². The number of anilines is 1. The van der Waals surface area contributed by atoms with Crippen molar-refractivity contribution in [3.05, 3.63) is 26.8 Å². The van der Waals surface area contributed by atoms with Gasteiger partial charge in [-0.05, 0) is 53.6 Å². The van der Waals surface area contributed by atoms with Crippen molar-refractivity contribution in [3.8, 4) is 0 Å². The Morgan fingerprint density at radius 2 is 2.06 bits per heavy atom. The van der Waals surface area contributed by atoms with Crippen LogP contribution in [0.1, 0.15) is 12.8 Å². The first-order valence-corrected chi connectivity index (χ1v) is 7.81. The third kappa shape index (κ3) is 2.31. The Morgan fingerprint density at radius 1 is 1.44 bits per heavy atom. The monoisotopic (exact) mass is 371 g/mol. The summed E-state index contributed by atoms with van der Waals surface area (Å²) in [6.07, 6.45) is 1.54. The molecule has 0 saturated heterocycles. The van der Waals surface area contributed by atoms with Crippen molar-refractivity contribution in [2.45, 2.75) is 18.1 Å². The minimum Gasteiger partial charge on any atom is -0.272 e. The van der Waals surface area contributed by atoms with E-state index in [1.165, 1.54) is 4.31 Å². The molecule has 0 radical (unpaired) electrons. The van der Waals surface area contributed by atoms with Gasteiger partial charge in [-0.2, -0.15) is 0 Å². The van der Waals surface area contributed by atoms with Crippen LogP contribution in [-0.4, -0.2) is 20.7 Å². The van der Waals surface area contributed by atoms with Gasteiger partial charge in [0.2, 0.25) is 10.0 Å². The van der Waals surface area contributed by atoms with Crippen LogP contribution >= 0.6 is 34.2 Å². The van der Waals surface area contributed by atoms with Crippen LogP contribution in [0.5, 0.6) is 0 Å². The summed E-state index contributed by atoms with van der Waals surface area (Å²) in [5.41, 5.74) is 0.653. The predicted molar refractivity (Wildman–Crippen MR) is 74.5 cm³/mol. The van der Waals surface area contributed by atoms with E-state index in [0.29, 0.717) is 10.7 Å². The van der Waals surface area contributed by atoms with Gasteiger partial charge in [0.25, 0.3) is 0 Å². The fourth-order valence-corrected chi connectivity index (χ4v) is 4.09. The van der Waals surface area contributed by atoms with E-state index in [2.05, 4.69) is 22.6 Å². The van der Waals surface area contributed by atoms with Gasteiger partial charge < -0.3 is 0 Å². The summed E-state index contributed by atoms with van der Waals surface area (Å²) in [4.78, 5) is 0. The lowest BCUT2D eigenvalue weighted by atomic mass is 10.3. The van der Waals surface area contributed by atoms with Gasteiger partial charge in [-0.3, -0.25) is 4.31 Å². The summed E-state index contributed by atoms with van der Waals surface area (Å²) in [5.74, 6) is 0. The summed E-state index contributed by atoms with van der Waals surface area (Å²) in [6, 6.07) is 5.25. The first-order chi connectivity index (χ1) is 7.43. The van der Waals surface area contributed by atoms with Crippen LogP contribution in [0.3, 0.4) is 0 Å². The summed E-state index contributed by atoms with van der Waals surface area (Å²) in [5, 5.41) is 0.348. The van der Waals surface area contributed by atoms with Crippen LogP contribution in [0.4, 0.5) is 5.69 Å². The SMILES string of the molecule is CN(c1cc(Cl)ccc1I)S(=O)(=O)C1CC1. The van der Waals surface area contributed by atoms with Crippen LogP contribution in [0.2, 0.25) is 5.02 Å². The lowest BCUT2D eigenvalue weighted by Crippen LogP contribution is -2.30. The van der Waals surface area contributed by atoms with E-state index in [9.17, 15) is 8.42 Å². The van der Waals surface area contributed by atoms with Gasteiger partial charge in [0.15, 0.2) is 0 Å². The molecule has 2 rings (SSSR count). The summed E-state index contributed by atoms with van der Waals surface area (Å²) >= 11 is 7.99. The molecule has 3 nitrogen and oxygen atoms in total. The molecular weight excluding hydrogens is 361 g/mol. The summed E-state index contributed by atoms with van der Waals surface area (Å²) in [7, 11) is -1.60. The Hall–Kier alpha value is -0.0100. The second-order valence-electron chi connectivity index (χ2n) is 3.81. The fourth-order valence-electron chi connectivity index (χ4n) is 1.45. The van der Waals surface area contributed by atoms with Crippen LogP contribution in [-0.2, 0) is 10.0 Å². The molecular formula is C10H11ClINO2S. The van der Waals surface area contributed by atoms with E-state index in [1.807, 2.05) is 6.07 Å². The largest absolute Gasteiger partial charge is 0.272 e. The molecule has 1 aromatic rings. The second kappa shape index (κ2) is 4.34. The maximum absolute atomic E-state index is 12.0. The Kier molecular flexibility index (Phi) is 3.38. The number of hydrogen-bond donors (Lipinski definition) is 0. The zero-order chi connectivity index (χ0) is 11.9. The zero-order valence-electron chi connectivity index (χ0n) is 8.65. The molecule has 1 saturated carbocycles. The number of hydrogen-bond acceptors (Lipinski definition) is 2. The molecule has 0 amide bonds. The molecule has 1 aromatic carbocycles. The van der Waals surface area contributed by atoms with E-state index in [1.54, 1.807) is 19.2 Å². The highest BCUT2D eigenvalue weighted by Gasteiger charge is 2.39. The van der Waals surface area contributed by atoms with Gasteiger partial charge in [0.1, 0.15) is 0 Å². The second-order valence-corrected chi connectivity index (χ2v) is 7.65. The number of nitrogens with zero attached hydrogens (tertiary/aromatic N) is 1. The Bertz CT molecular complexity index is 514. The smallest absolute Gasteiger partial charge is 0.237 e. The fraction of sp³-hybridized carbons (Fsp3) is 0.400. The maximum Gasteiger partial charge on any atom is 0.237 e. The lowest BCUT2D eigenvalue weighted by molar-refractivity contribution is 0.593. The predicted octanol–water partition coefficient (Wildman–Crippen LogP) is 2.87.